The van der Waals surface area contributed by atoms with Crippen molar-refractivity contribution in [1.82, 2.24) is 0 Å². The lowest BCUT2D eigenvalue weighted by Gasteiger charge is -2.57. The number of hydrogen-bond acceptors (Lipinski definition) is 1. The van der Waals surface area contributed by atoms with Crippen molar-refractivity contribution in [2.75, 3.05) is 6.54 Å². The molecule has 0 spiro atoms. The van der Waals surface area contributed by atoms with Gasteiger partial charge in [-0.05, 0) is 97.8 Å². The largest absolute Gasteiger partial charge is 0.330 e. The maximum Gasteiger partial charge on any atom is -0.00772 e. The minimum atomic E-state index is 0.611. The predicted octanol–water partition coefficient (Wildman–Crippen LogP) is 7.05. The summed E-state index contributed by atoms with van der Waals surface area (Å²) in [5.74, 6) is 5.70. The highest BCUT2D eigenvalue weighted by Crippen LogP contribution is 2.65. The monoisotopic (exact) mass is 361 g/mol. The van der Waals surface area contributed by atoms with Crippen LogP contribution >= 0.6 is 0 Å². The van der Waals surface area contributed by atoms with Crippen LogP contribution in [0.25, 0.3) is 0 Å². The number of fused-ring (bicyclic) bond motifs is 1. The molecule has 152 valence electrons. The van der Waals surface area contributed by atoms with E-state index in [1.165, 1.54) is 70.6 Å². The van der Waals surface area contributed by atoms with Gasteiger partial charge < -0.3 is 5.73 Å². The van der Waals surface area contributed by atoms with E-state index in [4.69, 9.17) is 5.73 Å². The Balaban J connectivity index is 1.79. The van der Waals surface area contributed by atoms with E-state index in [1.54, 1.807) is 0 Å². The van der Waals surface area contributed by atoms with Gasteiger partial charge in [-0.2, -0.15) is 0 Å². The van der Waals surface area contributed by atoms with Crippen LogP contribution in [0.5, 0.6) is 0 Å². The molecule has 3 rings (SSSR count). The Labute approximate surface area is 164 Å². The number of nitrogens with two attached hydrogens (primary N) is 1. The van der Waals surface area contributed by atoms with Gasteiger partial charge in [0.15, 0.2) is 0 Å². The fraction of sp³-hybridized carbons (Fsp3) is 1.00. The van der Waals surface area contributed by atoms with Crippen LogP contribution in [0, 0.1) is 46.3 Å². The lowest BCUT2D eigenvalue weighted by molar-refractivity contribution is -0.0789. The summed E-state index contributed by atoms with van der Waals surface area (Å²) in [5.41, 5.74) is 7.04. The molecule has 7 unspecified atom stereocenters. The fourth-order valence-electron chi connectivity index (χ4n) is 8.38. The zero-order chi connectivity index (χ0) is 18.9. The van der Waals surface area contributed by atoms with Crippen LogP contribution in [-0.4, -0.2) is 6.54 Å². The summed E-state index contributed by atoms with van der Waals surface area (Å²) in [7, 11) is 0. The van der Waals surface area contributed by atoms with Crippen LogP contribution in [0.4, 0.5) is 0 Å². The molecule has 3 fully saturated rings. The number of rotatable bonds is 6. The molecular formula is C25H47N. The molecule has 3 aliphatic carbocycles. The Morgan fingerprint density at radius 2 is 1.69 bits per heavy atom. The molecule has 0 aromatic heterocycles. The summed E-state index contributed by atoms with van der Waals surface area (Å²) in [6, 6.07) is 0. The van der Waals surface area contributed by atoms with Crippen molar-refractivity contribution in [2.45, 2.75) is 105 Å². The summed E-state index contributed by atoms with van der Waals surface area (Å²) in [6.07, 6.45) is 15.9. The second-order valence-corrected chi connectivity index (χ2v) is 11.1. The van der Waals surface area contributed by atoms with E-state index in [0.29, 0.717) is 10.8 Å². The lowest BCUT2D eigenvalue weighted by Crippen LogP contribution is -2.49. The first-order chi connectivity index (χ1) is 12.4. The molecule has 3 aliphatic rings. The topological polar surface area (TPSA) is 26.0 Å². The second-order valence-electron chi connectivity index (χ2n) is 11.1. The van der Waals surface area contributed by atoms with Gasteiger partial charge >= 0.3 is 0 Å². The zero-order valence-corrected chi connectivity index (χ0v) is 18.5. The van der Waals surface area contributed by atoms with Crippen molar-refractivity contribution in [2.24, 2.45) is 52.1 Å². The Hall–Kier alpha value is -0.0400. The fourth-order valence-corrected chi connectivity index (χ4v) is 8.38. The molecule has 0 aliphatic heterocycles. The third-order valence-electron chi connectivity index (χ3n) is 10.1. The first kappa shape index (κ1) is 20.7. The van der Waals surface area contributed by atoms with E-state index in [1.807, 2.05) is 0 Å². The highest BCUT2D eigenvalue weighted by molar-refractivity contribution is 5.06. The third-order valence-corrected chi connectivity index (χ3v) is 10.1. The van der Waals surface area contributed by atoms with Crippen LogP contribution < -0.4 is 5.73 Å². The first-order valence-electron chi connectivity index (χ1n) is 12.1. The van der Waals surface area contributed by atoms with Crippen LogP contribution in [0.1, 0.15) is 105 Å². The van der Waals surface area contributed by atoms with Crippen molar-refractivity contribution < 1.29 is 0 Å². The van der Waals surface area contributed by atoms with Crippen molar-refractivity contribution in [3.05, 3.63) is 0 Å². The molecule has 3 saturated carbocycles. The Kier molecular flexibility index (Phi) is 6.48. The highest BCUT2D eigenvalue weighted by Gasteiger charge is 2.57. The van der Waals surface area contributed by atoms with Crippen molar-refractivity contribution >= 4 is 0 Å². The van der Waals surface area contributed by atoms with Crippen LogP contribution in [0.15, 0.2) is 0 Å². The average Bonchev–Trinajstić information content (AvgIpc) is 2.98. The van der Waals surface area contributed by atoms with E-state index in [-0.39, 0.29) is 0 Å². The van der Waals surface area contributed by atoms with Gasteiger partial charge in [-0.25, -0.2) is 0 Å². The highest BCUT2D eigenvalue weighted by atomic mass is 14.6. The zero-order valence-electron chi connectivity index (χ0n) is 18.5. The Bertz CT molecular complexity index is 459. The normalized spacial score (nSPS) is 47.5. The molecule has 8 atom stereocenters. The summed E-state index contributed by atoms with van der Waals surface area (Å²) >= 11 is 0. The summed E-state index contributed by atoms with van der Waals surface area (Å²) in [5, 5.41) is 0. The quantitative estimate of drug-likeness (QED) is 0.539. The summed E-state index contributed by atoms with van der Waals surface area (Å²) in [4.78, 5) is 0. The molecule has 0 saturated heterocycles. The molecule has 0 aromatic rings. The van der Waals surface area contributed by atoms with Crippen molar-refractivity contribution in [3.8, 4) is 0 Å². The summed E-state index contributed by atoms with van der Waals surface area (Å²) in [6.45, 7) is 13.9. The molecule has 0 radical (unpaired) electrons. The van der Waals surface area contributed by atoms with Gasteiger partial charge in [0, 0.05) is 0 Å². The van der Waals surface area contributed by atoms with E-state index < -0.39 is 0 Å². The van der Waals surface area contributed by atoms with Gasteiger partial charge in [-0.3, -0.25) is 0 Å². The average molecular weight is 362 g/mol. The molecule has 2 N–H and O–H groups in total. The van der Waals surface area contributed by atoms with Gasteiger partial charge in [0.25, 0.3) is 0 Å². The van der Waals surface area contributed by atoms with Crippen molar-refractivity contribution in [1.29, 1.82) is 0 Å². The van der Waals surface area contributed by atoms with E-state index in [0.717, 1.165) is 42.1 Å². The molecule has 1 heteroatoms. The Morgan fingerprint density at radius 3 is 2.35 bits per heavy atom. The molecular weight excluding hydrogens is 314 g/mol. The minimum absolute atomic E-state index is 0.611. The standard InChI is InChI=1S/C25H47N/c1-6-20-22-13-12-21(18(2)10-9-17-26)25(22,5)16-14-23(20)24(4)15-8-7-11-19(24)3/h18-23H,6-17,26H2,1-5H3/t18-,19?,20?,21?,22?,23?,24?,25?/m1/s1. The van der Waals surface area contributed by atoms with Gasteiger partial charge in [-0.15, -0.1) is 0 Å². The van der Waals surface area contributed by atoms with Crippen LogP contribution in [-0.2, 0) is 0 Å². The maximum absolute atomic E-state index is 5.81. The van der Waals surface area contributed by atoms with Gasteiger partial charge in [0.1, 0.15) is 0 Å². The maximum atomic E-state index is 5.81. The molecule has 0 amide bonds. The van der Waals surface area contributed by atoms with Gasteiger partial charge in [0.05, 0.1) is 0 Å². The predicted molar refractivity (Wildman–Crippen MR) is 114 cm³/mol. The molecule has 0 bridgehead atoms. The molecule has 26 heavy (non-hydrogen) atoms. The third kappa shape index (κ3) is 3.40. The van der Waals surface area contributed by atoms with E-state index in [9.17, 15) is 0 Å². The molecule has 0 heterocycles. The first-order valence-corrected chi connectivity index (χ1v) is 12.1. The summed E-state index contributed by atoms with van der Waals surface area (Å²) < 4.78 is 0. The van der Waals surface area contributed by atoms with Gasteiger partial charge in [-0.1, -0.05) is 60.3 Å². The minimum Gasteiger partial charge on any atom is -0.330 e. The molecule has 1 nitrogen and oxygen atoms in total. The molecule has 0 aromatic carbocycles. The van der Waals surface area contributed by atoms with Crippen molar-refractivity contribution in [3.63, 3.8) is 0 Å². The van der Waals surface area contributed by atoms with Gasteiger partial charge in [0.2, 0.25) is 0 Å². The van der Waals surface area contributed by atoms with Crippen LogP contribution in [0.2, 0.25) is 0 Å². The number of hydrogen-bond donors (Lipinski definition) is 1. The van der Waals surface area contributed by atoms with E-state index in [2.05, 4.69) is 34.6 Å². The SMILES string of the molecule is CCC1C(C2(C)CCCCC2C)CCC2(C)C1CCC2[C@H](C)CCCN. The Morgan fingerprint density at radius 1 is 0.962 bits per heavy atom. The van der Waals surface area contributed by atoms with Crippen LogP contribution in [0.3, 0.4) is 0 Å². The second kappa shape index (κ2) is 8.14. The lowest BCUT2D eigenvalue weighted by atomic mass is 9.48. The smallest absolute Gasteiger partial charge is 0.00772 e. The van der Waals surface area contributed by atoms with E-state index >= 15 is 0 Å².